The molecule has 1 heterocycles. The highest BCUT2D eigenvalue weighted by molar-refractivity contribution is 7.10. The molecule has 0 bridgehead atoms. The van der Waals surface area contributed by atoms with Crippen LogP contribution in [0.2, 0.25) is 0 Å². The zero-order valence-electron chi connectivity index (χ0n) is 4.57. The van der Waals surface area contributed by atoms with Crippen LogP contribution < -0.4 is 0 Å². The lowest BCUT2D eigenvalue weighted by Crippen LogP contribution is -2.00. The van der Waals surface area contributed by atoms with Crippen molar-refractivity contribution >= 4 is 11.3 Å². The van der Waals surface area contributed by atoms with Gasteiger partial charge in [-0.2, -0.15) is 13.2 Å². The summed E-state index contributed by atoms with van der Waals surface area (Å²) in [6, 6.07) is 0.477. The van der Waals surface area contributed by atoms with Gasteiger partial charge in [0.25, 0.3) is 0 Å². The summed E-state index contributed by atoms with van der Waals surface area (Å²) in [5.74, 6) is -0.836. The Kier molecular flexibility index (Phi) is 1.68. The molecular weight excluding hydrogens is 168 g/mol. The molecule has 0 spiro atoms. The zero-order valence-corrected chi connectivity index (χ0v) is 5.39. The molecule has 0 unspecified atom stereocenters. The Hall–Kier alpha value is -0.580. The molecule has 1 aromatic heterocycles. The number of alkyl halides is 3. The Morgan fingerprint density at radius 2 is 1.90 bits per heavy atom. The molecule has 0 fully saturated rings. The molecule has 0 saturated heterocycles. The summed E-state index contributed by atoms with van der Waals surface area (Å²) in [5, 5.41) is 0.822. The number of hydrogen-bond donors (Lipinski definition) is 0. The molecule has 1 rings (SSSR count). The third-order valence-electron chi connectivity index (χ3n) is 0.847. The van der Waals surface area contributed by atoms with E-state index in [9.17, 15) is 17.6 Å². The van der Waals surface area contributed by atoms with Crippen molar-refractivity contribution in [2.75, 3.05) is 0 Å². The lowest BCUT2D eigenvalue weighted by Gasteiger charge is -1.99. The van der Waals surface area contributed by atoms with Gasteiger partial charge in [-0.1, -0.05) is 0 Å². The highest BCUT2D eigenvalue weighted by atomic mass is 32.1. The highest BCUT2D eigenvalue weighted by Crippen LogP contribution is 2.33. The average Bonchev–Trinajstić information content (AvgIpc) is 2.11. The predicted molar refractivity (Wildman–Crippen MR) is 29.3 cm³/mol. The van der Waals surface area contributed by atoms with Crippen LogP contribution >= 0.6 is 11.3 Å². The van der Waals surface area contributed by atoms with E-state index in [2.05, 4.69) is 0 Å². The zero-order chi connectivity index (χ0) is 7.78. The lowest BCUT2D eigenvalue weighted by atomic mass is 10.4. The van der Waals surface area contributed by atoms with Crippen LogP contribution in [0.5, 0.6) is 0 Å². The van der Waals surface area contributed by atoms with Gasteiger partial charge in [0, 0.05) is 5.38 Å². The molecular formula is C5H2F4S. The third-order valence-corrected chi connectivity index (χ3v) is 1.79. The van der Waals surface area contributed by atoms with E-state index < -0.39 is 16.9 Å². The van der Waals surface area contributed by atoms with E-state index in [-0.39, 0.29) is 0 Å². The molecule has 0 aliphatic rings. The van der Waals surface area contributed by atoms with Crippen molar-refractivity contribution < 1.29 is 17.6 Å². The fourth-order valence-corrected chi connectivity index (χ4v) is 1.08. The first kappa shape index (κ1) is 7.53. The number of rotatable bonds is 0. The molecule has 0 nitrogen and oxygen atoms in total. The number of thiophene rings is 1. The molecule has 5 heteroatoms. The monoisotopic (exact) mass is 170 g/mol. The van der Waals surface area contributed by atoms with Gasteiger partial charge < -0.3 is 0 Å². The quantitative estimate of drug-likeness (QED) is 0.525. The van der Waals surface area contributed by atoms with Gasteiger partial charge in [0.05, 0.1) is 0 Å². The molecule has 1 aromatic rings. The standard InChI is InChI=1S/C5H2F4S/c6-3-1-4(10-2-3)5(7,8)9/h1-2H. The molecule has 0 saturated carbocycles. The largest absolute Gasteiger partial charge is 0.425 e. The van der Waals surface area contributed by atoms with Gasteiger partial charge in [0.2, 0.25) is 0 Å². The summed E-state index contributed by atoms with van der Waals surface area (Å²) >= 11 is 0.356. The van der Waals surface area contributed by atoms with Crippen LogP contribution in [-0.2, 0) is 6.18 Å². The van der Waals surface area contributed by atoms with Crippen molar-refractivity contribution in [1.82, 2.24) is 0 Å². The lowest BCUT2D eigenvalue weighted by molar-refractivity contribution is -0.134. The van der Waals surface area contributed by atoms with Crippen molar-refractivity contribution in [3.8, 4) is 0 Å². The van der Waals surface area contributed by atoms with Gasteiger partial charge >= 0.3 is 6.18 Å². The van der Waals surface area contributed by atoms with E-state index in [1.54, 1.807) is 0 Å². The molecule has 0 aliphatic carbocycles. The minimum atomic E-state index is -4.41. The Morgan fingerprint density at radius 3 is 2.10 bits per heavy atom. The average molecular weight is 170 g/mol. The number of halogens is 4. The molecule has 10 heavy (non-hydrogen) atoms. The first-order chi connectivity index (χ1) is 4.50. The second-order valence-electron chi connectivity index (χ2n) is 1.63. The molecule has 56 valence electrons. The van der Waals surface area contributed by atoms with Gasteiger partial charge in [0.1, 0.15) is 10.7 Å². The molecule has 0 aliphatic heterocycles. The first-order valence-electron chi connectivity index (χ1n) is 2.31. The second-order valence-corrected chi connectivity index (χ2v) is 2.54. The maximum atomic E-state index is 12.0. The minimum Gasteiger partial charge on any atom is -0.206 e. The topological polar surface area (TPSA) is 0 Å². The predicted octanol–water partition coefficient (Wildman–Crippen LogP) is 2.91. The molecule has 0 radical (unpaired) electrons. The Morgan fingerprint density at radius 1 is 1.30 bits per heavy atom. The van der Waals surface area contributed by atoms with Gasteiger partial charge in [0.15, 0.2) is 0 Å². The van der Waals surface area contributed by atoms with Gasteiger partial charge in [-0.05, 0) is 6.07 Å². The van der Waals surface area contributed by atoms with Gasteiger partial charge in [-0.15, -0.1) is 11.3 Å². The summed E-state index contributed by atoms with van der Waals surface area (Å²) in [4.78, 5) is -0.898. The summed E-state index contributed by atoms with van der Waals surface area (Å²) in [7, 11) is 0. The molecule has 0 aromatic carbocycles. The van der Waals surface area contributed by atoms with Crippen molar-refractivity contribution in [2.24, 2.45) is 0 Å². The first-order valence-corrected chi connectivity index (χ1v) is 3.19. The van der Waals surface area contributed by atoms with E-state index in [4.69, 9.17) is 0 Å². The second kappa shape index (κ2) is 2.23. The molecule has 0 N–H and O–H groups in total. The summed E-state index contributed by atoms with van der Waals surface area (Å²) in [5.41, 5.74) is 0. The van der Waals surface area contributed by atoms with Crippen LogP contribution in [0.1, 0.15) is 4.88 Å². The Bertz CT molecular complexity index is 224. The normalized spacial score (nSPS) is 12.0. The van der Waals surface area contributed by atoms with Crippen LogP contribution in [0.15, 0.2) is 11.4 Å². The fourth-order valence-electron chi connectivity index (χ4n) is 0.462. The van der Waals surface area contributed by atoms with E-state index >= 15 is 0 Å². The SMILES string of the molecule is Fc1csc(C(F)(F)F)c1. The number of hydrogen-bond acceptors (Lipinski definition) is 1. The third kappa shape index (κ3) is 1.47. The van der Waals surface area contributed by atoms with E-state index in [1.807, 2.05) is 0 Å². The van der Waals surface area contributed by atoms with Gasteiger partial charge in [-0.25, -0.2) is 4.39 Å². The van der Waals surface area contributed by atoms with Crippen LogP contribution in [0.3, 0.4) is 0 Å². The summed E-state index contributed by atoms with van der Waals surface area (Å²) in [6.07, 6.45) is -4.41. The maximum absolute atomic E-state index is 12.0. The summed E-state index contributed by atoms with van der Waals surface area (Å²) < 4.78 is 46.9. The van der Waals surface area contributed by atoms with Crippen molar-refractivity contribution in [3.05, 3.63) is 22.1 Å². The summed E-state index contributed by atoms with van der Waals surface area (Å²) in [6.45, 7) is 0. The van der Waals surface area contributed by atoms with Gasteiger partial charge in [-0.3, -0.25) is 0 Å². The van der Waals surface area contributed by atoms with E-state index in [1.165, 1.54) is 0 Å². The molecule has 0 amide bonds. The van der Waals surface area contributed by atoms with Crippen molar-refractivity contribution in [1.29, 1.82) is 0 Å². The highest BCUT2D eigenvalue weighted by Gasteiger charge is 2.32. The van der Waals surface area contributed by atoms with Crippen LogP contribution in [0, 0.1) is 5.82 Å². The Labute approximate surface area is 58.1 Å². The maximum Gasteiger partial charge on any atom is 0.425 e. The van der Waals surface area contributed by atoms with Crippen LogP contribution in [0.4, 0.5) is 17.6 Å². The van der Waals surface area contributed by atoms with Crippen LogP contribution in [-0.4, -0.2) is 0 Å². The minimum absolute atomic E-state index is 0.356. The fraction of sp³-hybridized carbons (Fsp3) is 0.200. The van der Waals surface area contributed by atoms with E-state index in [0.717, 1.165) is 5.38 Å². The van der Waals surface area contributed by atoms with Crippen molar-refractivity contribution in [3.63, 3.8) is 0 Å². The van der Waals surface area contributed by atoms with Crippen LogP contribution in [0.25, 0.3) is 0 Å². The molecule has 0 atom stereocenters. The van der Waals surface area contributed by atoms with E-state index in [0.29, 0.717) is 17.4 Å². The van der Waals surface area contributed by atoms with Crippen molar-refractivity contribution in [2.45, 2.75) is 6.18 Å². The smallest absolute Gasteiger partial charge is 0.206 e. The Balaban J connectivity index is 2.96.